The lowest BCUT2D eigenvalue weighted by molar-refractivity contribution is -0.123. The summed E-state index contributed by atoms with van der Waals surface area (Å²) in [6.45, 7) is 0.511. The Morgan fingerprint density at radius 3 is 2.81 bits per heavy atom. The van der Waals surface area contributed by atoms with Crippen LogP contribution in [0, 0.1) is 0 Å². The van der Waals surface area contributed by atoms with Gasteiger partial charge in [-0.1, -0.05) is 19.3 Å². The number of pyridine rings is 1. The fourth-order valence-corrected chi connectivity index (χ4v) is 2.99. The zero-order chi connectivity index (χ0) is 15.1. The molecule has 116 valence electrons. The maximum absolute atomic E-state index is 12.2. The largest absolute Gasteiger partial charge is 0.481 e. The Morgan fingerprint density at radius 2 is 2.14 bits per heavy atom. The van der Waals surface area contributed by atoms with Crippen LogP contribution in [0.2, 0.25) is 0 Å². The molecule has 1 aromatic heterocycles. The maximum atomic E-state index is 12.2. The summed E-state index contributed by atoms with van der Waals surface area (Å²) in [6.07, 6.45) is 8.09. The van der Waals surface area contributed by atoms with E-state index in [4.69, 9.17) is 4.74 Å². The van der Waals surface area contributed by atoms with Crippen LogP contribution in [0.25, 0.3) is 0 Å². The van der Waals surface area contributed by atoms with Crippen LogP contribution in [0.3, 0.4) is 0 Å². The van der Waals surface area contributed by atoms with Gasteiger partial charge < -0.3 is 15.4 Å². The average Bonchev–Trinajstić information content (AvgIpc) is 2.54. The summed E-state index contributed by atoms with van der Waals surface area (Å²) in [5, 5.41) is 6.37. The number of rotatable bonds is 6. The Balaban J connectivity index is 1.86. The molecule has 5 heteroatoms. The molecule has 1 aromatic rings. The van der Waals surface area contributed by atoms with Gasteiger partial charge >= 0.3 is 0 Å². The van der Waals surface area contributed by atoms with E-state index in [1.54, 1.807) is 13.3 Å². The van der Waals surface area contributed by atoms with Crippen LogP contribution in [0.15, 0.2) is 18.3 Å². The van der Waals surface area contributed by atoms with Crippen molar-refractivity contribution in [3.8, 4) is 5.88 Å². The number of nitrogens with one attached hydrogen (secondary N) is 2. The summed E-state index contributed by atoms with van der Waals surface area (Å²) in [5.74, 6) is 0.669. The van der Waals surface area contributed by atoms with E-state index in [-0.39, 0.29) is 11.4 Å². The third-order valence-electron chi connectivity index (χ3n) is 4.34. The molecule has 1 saturated carbocycles. The Kier molecular flexibility index (Phi) is 5.56. The Bertz CT molecular complexity index is 470. The van der Waals surface area contributed by atoms with Gasteiger partial charge in [-0.15, -0.1) is 0 Å². The highest BCUT2D eigenvalue weighted by atomic mass is 16.5. The van der Waals surface area contributed by atoms with Crippen LogP contribution < -0.4 is 15.4 Å². The third kappa shape index (κ3) is 4.43. The smallest absolute Gasteiger partial charge is 0.222 e. The number of hydrogen-bond acceptors (Lipinski definition) is 4. The highest BCUT2D eigenvalue weighted by Crippen LogP contribution is 2.30. The maximum Gasteiger partial charge on any atom is 0.222 e. The van der Waals surface area contributed by atoms with E-state index in [1.807, 2.05) is 19.2 Å². The Morgan fingerprint density at radius 1 is 1.38 bits per heavy atom. The molecule has 0 bridgehead atoms. The molecule has 21 heavy (non-hydrogen) atoms. The molecular weight excluding hydrogens is 266 g/mol. The minimum absolute atomic E-state index is 0.0156. The molecule has 0 spiro atoms. The molecule has 0 aliphatic heterocycles. The predicted octanol–water partition coefficient (Wildman–Crippen LogP) is 2.02. The molecule has 2 rings (SSSR count). The number of carbonyl (C=O) groups is 1. The zero-order valence-corrected chi connectivity index (χ0v) is 12.9. The van der Waals surface area contributed by atoms with Crippen molar-refractivity contribution in [3.63, 3.8) is 0 Å². The van der Waals surface area contributed by atoms with Crippen LogP contribution in [0.1, 0.15) is 44.1 Å². The summed E-state index contributed by atoms with van der Waals surface area (Å²) in [5.41, 5.74) is 0.982. The standard InChI is InChI=1S/C16H25N3O2/c1-17-16(7-4-3-5-8-16)11-14(20)19-12-13-6-9-18-15(10-13)21-2/h6,9-10,17H,3-5,7-8,11-12H2,1-2H3,(H,19,20). The summed E-state index contributed by atoms with van der Waals surface area (Å²) in [4.78, 5) is 16.3. The SMILES string of the molecule is CNC1(CC(=O)NCc2ccnc(OC)c2)CCCCC1. The van der Waals surface area contributed by atoms with Gasteiger partial charge in [-0.3, -0.25) is 4.79 Å². The number of nitrogens with zero attached hydrogens (tertiary/aromatic N) is 1. The molecule has 0 atom stereocenters. The van der Waals surface area contributed by atoms with Crippen LogP contribution >= 0.6 is 0 Å². The Labute approximate surface area is 126 Å². The first-order valence-electron chi connectivity index (χ1n) is 7.62. The summed E-state index contributed by atoms with van der Waals surface area (Å²) >= 11 is 0. The zero-order valence-electron chi connectivity index (χ0n) is 12.9. The second-order valence-electron chi connectivity index (χ2n) is 5.75. The highest BCUT2D eigenvalue weighted by Gasteiger charge is 2.32. The Hall–Kier alpha value is -1.62. The lowest BCUT2D eigenvalue weighted by Gasteiger charge is -2.36. The van der Waals surface area contributed by atoms with Gasteiger partial charge in [-0.05, 0) is 31.5 Å². The van der Waals surface area contributed by atoms with Crippen LogP contribution in [0.5, 0.6) is 5.88 Å². The summed E-state index contributed by atoms with van der Waals surface area (Å²) in [6, 6.07) is 3.73. The van der Waals surface area contributed by atoms with Crippen molar-refractivity contribution in [2.45, 2.75) is 50.6 Å². The highest BCUT2D eigenvalue weighted by molar-refractivity contribution is 5.77. The van der Waals surface area contributed by atoms with Crippen molar-refractivity contribution in [2.75, 3.05) is 14.2 Å². The van der Waals surface area contributed by atoms with Crippen molar-refractivity contribution in [3.05, 3.63) is 23.9 Å². The minimum atomic E-state index is -0.0156. The van der Waals surface area contributed by atoms with Gasteiger partial charge in [0.25, 0.3) is 0 Å². The molecule has 0 unspecified atom stereocenters. The van der Waals surface area contributed by atoms with Gasteiger partial charge in [-0.25, -0.2) is 4.98 Å². The number of hydrogen-bond donors (Lipinski definition) is 2. The second kappa shape index (κ2) is 7.41. The van der Waals surface area contributed by atoms with Crippen molar-refractivity contribution in [1.29, 1.82) is 0 Å². The molecule has 0 saturated heterocycles. The molecule has 0 aromatic carbocycles. The topological polar surface area (TPSA) is 63.2 Å². The average molecular weight is 291 g/mol. The first-order valence-corrected chi connectivity index (χ1v) is 7.62. The van der Waals surface area contributed by atoms with E-state index in [9.17, 15) is 4.79 Å². The second-order valence-corrected chi connectivity index (χ2v) is 5.75. The lowest BCUT2D eigenvalue weighted by atomic mass is 9.79. The van der Waals surface area contributed by atoms with E-state index in [0.29, 0.717) is 18.8 Å². The molecule has 2 N–H and O–H groups in total. The quantitative estimate of drug-likeness (QED) is 0.841. The third-order valence-corrected chi connectivity index (χ3v) is 4.34. The molecule has 0 radical (unpaired) electrons. The summed E-state index contributed by atoms with van der Waals surface area (Å²) in [7, 11) is 3.55. The molecule has 5 nitrogen and oxygen atoms in total. The van der Waals surface area contributed by atoms with Gasteiger partial charge in [0.15, 0.2) is 0 Å². The van der Waals surface area contributed by atoms with Gasteiger partial charge in [0.1, 0.15) is 0 Å². The fourth-order valence-electron chi connectivity index (χ4n) is 2.99. The van der Waals surface area contributed by atoms with E-state index in [2.05, 4.69) is 15.6 Å². The van der Waals surface area contributed by atoms with Gasteiger partial charge in [-0.2, -0.15) is 0 Å². The van der Waals surface area contributed by atoms with Crippen molar-refractivity contribution < 1.29 is 9.53 Å². The normalized spacial score (nSPS) is 17.2. The van der Waals surface area contributed by atoms with E-state index in [1.165, 1.54) is 19.3 Å². The number of amides is 1. The first kappa shape index (κ1) is 15.8. The minimum Gasteiger partial charge on any atom is -0.481 e. The van der Waals surface area contributed by atoms with Gasteiger partial charge in [0, 0.05) is 30.8 Å². The van der Waals surface area contributed by atoms with Crippen LogP contribution in [-0.2, 0) is 11.3 Å². The molecule has 1 amide bonds. The van der Waals surface area contributed by atoms with Gasteiger partial charge in [0.05, 0.1) is 7.11 Å². The van der Waals surface area contributed by atoms with E-state index in [0.717, 1.165) is 18.4 Å². The molecule has 1 heterocycles. The number of ether oxygens (including phenoxy) is 1. The number of methoxy groups -OCH3 is 1. The van der Waals surface area contributed by atoms with Crippen molar-refractivity contribution >= 4 is 5.91 Å². The van der Waals surface area contributed by atoms with Crippen molar-refractivity contribution in [1.82, 2.24) is 15.6 Å². The predicted molar refractivity (Wildman–Crippen MR) is 82.1 cm³/mol. The van der Waals surface area contributed by atoms with Crippen LogP contribution in [-0.4, -0.2) is 30.6 Å². The van der Waals surface area contributed by atoms with E-state index >= 15 is 0 Å². The summed E-state index contributed by atoms with van der Waals surface area (Å²) < 4.78 is 5.08. The van der Waals surface area contributed by atoms with Crippen molar-refractivity contribution in [2.24, 2.45) is 0 Å². The fraction of sp³-hybridized carbons (Fsp3) is 0.625. The number of carbonyl (C=O) groups excluding carboxylic acids is 1. The van der Waals surface area contributed by atoms with Crippen LogP contribution in [0.4, 0.5) is 0 Å². The molecular formula is C16H25N3O2. The van der Waals surface area contributed by atoms with Gasteiger partial charge in [0.2, 0.25) is 11.8 Å². The van der Waals surface area contributed by atoms with E-state index < -0.39 is 0 Å². The molecule has 1 fully saturated rings. The molecule has 1 aliphatic carbocycles. The first-order chi connectivity index (χ1) is 10.2. The lowest BCUT2D eigenvalue weighted by Crippen LogP contribution is -2.48. The monoisotopic (exact) mass is 291 g/mol. The number of aromatic nitrogens is 1. The molecule has 1 aliphatic rings.